The van der Waals surface area contributed by atoms with Crippen LogP contribution < -0.4 is 10.3 Å². The second kappa shape index (κ2) is 5.80. The first-order valence-corrected chi connectivity index (χ1v) is 9.70. The van der Waals surface area contributed by atoms with Gasteiger partial charge >= 0.3 is 0 Å². The quantitative estimate of drug-likeness (QED) is 0.676. The second-order valence-corrected chi connectivity index (χ2v) is 7.68. The van der Waals surface area contributed by atoms with Crippen LogP contribution in [0.5, 0.6) is 0 Å². The molecule has 0 aliphatic carbocycles. The molecule has 2 amide bonds. The van der Waals surface area contributed by atoms with Gasteiger partial charge in [-0.1, -0.05) is 36.8 Å². The number of nitrogens with zero attached hydrogens (tertiary/aromatic N) is 2. The molecule has 0 fully saturated rings. The molecule has 1 unspecified atom stereocenters. The van der Waals surface area contributed by atoms with Crippen LogP contribution in [0.15, 0.2) is 51.7 Å². The highest BCUT2D eigenvalue weighted by Crippen LogP contribution is 2.52. The van der Waals surface area contributed by atoms with Gasteiger partial charge < -0.3 is 14.2 Å². The van der Waals surface area contributed by atoms with E-state index < -0.39 is 11.4 Å². The van der Waals surface area contributed by atoms with Crippen LogP contribution in [0.4, 0.5) is 5.69 Å². The Balaban J connectivity index is 1.96. The van der Waals surface area contributed by atoms with Crippen molar-refractivity contribution in [3.8, 4) is 0 Å². The number of benzene rings is 2. The average molecular weight is 388 g/mol. The Kier molecular flexibility index (Phi) is 3.53. The van der Waals surface area contributed by atoms with Gasteiger partial charge in [0.2, 0.25) is 5.76 Å². The molecule has 146 valence electrons. The zero-order valence-electron chi connectivity index (χ0n) is 16.5. The van der Waals surface area contributed by atoms with Crippen LogP contribution in [0.3, 0.4) is 0 Å². The Morgan fingerprint density at radius 2 is 1.83 bits per heavy atom. The summed E-state index contributed by atoms with van der Waals surface area (Å²) in [6.07, 6.45) is 0.646. The Labute approximate surface area is 167 Å². The predicted molar refractivity (Wildman–Crippen MR) is 109 cm³/mol. The standard InChI is InChI=1S/C23H20N2O4/c1-4-11-25-21(27)20-18(19(26)14-12-13(2)9-10-17(14)29-20)23(25)15-7-5-6-8-16(15)24(3)22(23)28/h5-10,12H,4,11H2,1-3H3. The van der Waals surface area contributed by atoms with Gasteiger partial charge in [-0.05, 0) is 31.5 Å². The van der Waals surface area contributed by atoms with Gasteiger partial charge in [-0.15, -0.1) is 0 Å². The number of para-hydroxylation sites is 1. The molecule has 2 aromatic carbocycles. The largest absolute Gasteiger partial charge is 0.450 e. The lowest BCUT2D eigenvalue weighted by Gasteiger charge is -2.33. The van der Waals surface area contributed by atoms with E-state index in [1.165, 1.54) is 9.80 Å². The third-order valence-electron chi connectivity index (χ3n) is 5.97. The van der Waals surface area contributed by atoms with Crippen molar-refractivity contribution in [3.63, 3.8) is 0 Å². The molecule has 5 rings (SSSR count). The summed E-state index contributed by atoms with van der Waals surface area (Å²) in [5.74, 6) is -0.753. The summed E-state index contributed by atoms with van der Waals surface area (Å²) < 4.78 is 5.95. The molecule has 1 atom stereocenters. The lowest BCUT2D eigenvalue weighted by molar-refractivity contribution is -0.125. The van der Waals surface area contributed by atoms with Crippen LogP contribution in [0.25, 0.3) is 11.0 Å². The molecule has 1 spiro atoms. The highest BCUT2D eigenvalue weighted by molar-refractivity contribution is 6.16. The number of aryl methyl sites for hydroxylation is 1. The first-order chi connectivity index (χ1) is 13.9. The van der Waals surface area contributed by atoms with Gasteiger partial charge in [0.05, 0.1) is 10.9 Å². The zero-order chi connectivity index (χ0) is 20.5. The van der Waals surface area contributed by atoms with Crippen molar-refractivity contribution in [3.05, 3.63) is 75.1 Å². The van der Waals surface area contributed by atoms with Crippen molar-refractivity contribution in [1.29, 1.82) is 0 Å². The van der Waals surface area contributed by atoms with E-state index in [1.54, 1.807) is 19.2 Å². The van der Waals surface area contributed by atoms with Gasteiger partial charge in [-0.3, -0.25) is 14.4 Å². The van der Waals surface area contributed by atoms with E-state index in [2.05, 4.69) is 0 Å². The number of amides is 2. The van der Waals surface area contributed by atoms with E-state index in [4.69, 9.17) is 4.42 Å². The molecule has 0 bridgehead atoms. The van der Waals surface area contributed by atoms with Crippen molar-refractivity contribution in [2.24, 2.45) is 0 Å². The monoisotopic (exact) mass is 388 g/mol. The van der Waals surface area contributed by atoms with Gasteiger partial charge in [0.15, 0.2) is 11.0 Å². The molecule has 29 heavy (non-hydrogen) atoms. The fourth-order valence-electron chi connectivity index (χ4n) is 4.73. The third-order valence-corrected chi connectivity index (χ3v) is 5.97. The van der Waals surface area contributed by atoms with Crippen molar-refractivity contribution in [1.82, 2.24) is 4.90 Å². The Morgan fingerprint density at radius 3 is 2.59 bits per heavy atom. The summed E-state index contributed by atoms with van der Waals surface area (Å²) in [6.45, 7) is 4.17. The Morgan fingerprint density at radius 1 is 1.07 bits per heavy atom. The van der Waals surface area contributed by atoms with Crippen molar-refractivity contribution >= 4 is 28.5 Å². The van der Waals surface area contributed by atoms with E-state index in [0.29, 0.717) is 35.2 Å². The molecule has 2 aliphatic heterocycles. The second-order valence-electron chi connectivity index (χ2n) is 7.68. The number of likely N-dealkylation sites (N-methyl/N-ethyl adjacent to an activating group) is 1. The summed E-state index contributed by atoms with van der Waals surface area (Å²) in [6, 6.07) is 12.6. The van der Waals surface area contributed by atoms with E-state index >= 15 is 0 Å². The molecule has 6 nitrogen and oxygen atoms in total. The van der Waals surface area contributed by atoms with Crippen LogP contribution in [-0.2, 0) is 10.3 Å². The van der Waals surface area contributed by atoms with Crippen LogP contribution in [-0.4, -0.2) is 30.3 Å². The van der Waals surface area contributed by atoms with Crippen molar-refractivity contribution in [2.75, 3.05) is 18.5 Å². The highest BCUT2D eigenvalue weighted by Gasteiger charge is 2.64. The summed E-state index contributed by atoms with van der Waals surface area (Å²) in [7, 11) is 1.68. The fourth-order valence-corrected chi connectivity index (χ4v) is 4.73. The van der Waals surface area contributed by atoms with Crippen molar-refractivity contribution < 1.29 is 14.0 Å². The average Bonchev–Trinajstić information content (AvgIpc) is 3.09. The first-order valence-electron chi connectivity index (χ1n) is 9.70. The topological polar surface area (TPSA) is 70.8 Å². The maximum atomic E-state index is 13.7. The number of hydrogen-bond donors (Lipinski definition) is 0. The summed E-state index contributed by atoms with van der Waals surface area (Å²) in [4.78, 5) is 43.8. The molecule has 6 heteroatoms. The number of rotatable bonds is 2. The van der Waals surface area contributed by atoms with E-state index in [1.807, 2.05) is 44.2 Å². The van der Waals surface area contributed by atoms with Crippen LogP contribution in [0, 0.1) is 6.92 Å². The molecule has 3 aromatic rings. The summed E-state index contributed by atoms with van der Waals surface area (Å²) in [5.41, 5.74) is 0.936. The minimum absolute atomic E-state index is 0.0294. The highest BCUT2D eigenvalue weighted by atomic mass is 16.3. The third kappa shape index (κ3) is 1.98. The molecule has 0 radical (unpaired) electrons. The maximum Gasteiger partial charge on any atom is 0.291 e. The predicted octanol–water partition coefficient (Wildman–Crippen LogP) is 3.19. The molecule has 3 heterocycles. The maximum absolute atomic E-state index is 13.7. The van der Waals surface area contributed by atoms with E-state index in [-0.39, 0.29) is 22.7 Å². The smallest absolute Gasteiger partial charge is 0.291 e. The number of hydrogen-bond acceptors (Lipinski definition) is 4. The molecule has 0 saturated heterocycles. The minimum atomic E-state index is -1.48. The van der Waals surface area contributed by atoms with Crippen molar-refractivity contribution in [2.45, 2.75) is 25.8 Å². The summed E-state index contributed by atoms with van der Waals surface area (Å²) in [5, 5.41) is 0.383. The van der Waals surface area contributed by atoms with E-state index in [9.17, 15) is 14.4 Å². The molecule has 1 aromatic heterocycles. The van der Waals surface area contributed by atoms with Crippen LogP contribution in [0.2, 0.25) is 0 Å². The van der Waals surface area contributed by atoms with Crippen LogP contribution in [0.1, 0.15) is 40.6 Å². The normalized spacial score (nSPS) is 20.1. The Bertz CT molecular complexity index is 1280. The van der Waals surface area contributed by atoms with Gasteiger partial charge in [-0.2, -0.15) is 0 Å². The fraction of sp³-hybridized carbons (Fsp3) is 0.261. The number of carbonyl (C=O) groups excluding carboxylic acids is 2. The van der Waals surface area contributed by atoms with Crippen LogP contribution >= 0.6 is 0 Å². The number of fused-ring (bicyclic) bond motifs is 5. The SMILES string of the molecule is CCCN1C(=O)c2oc3ccc(C)cc3c(=O)c2C12C(=O)N(C)c1ccccc12. The first kappa shape index (κ1) is 17.7. The Hall–Kier alpha value is -3.41. The minimum Gasteiger partial charge on any atom is -0.450 e. The number of carbonyl (C=O) groups is 2. The molecule has 2 aliphatic rings. The van der Waals surface area contributed by atoms with Gasteiger partial charge in [0.25, 0.3) is 11.8 Å². The zero-order valence-corrected chi connectivity index (χ0v) is 16.5. The van der Waals surface area contributed by atoms with Gasteiger partial charge in [0.1, 0.15) is 5.58 Å². The molecule has 0 N–H and O–H groups in total. The van der Waals surface area contributed by atoms with Gasteiger partial charge in [0, 0.05) is 24.8 Å². The molecule has 0 saturated carbocycles. The summed E-state index contributed by atoms with van der Waals surface area (Å²) >= 11 is 0. The lowest BCUT2D eigenvalue weighted by Crippen LogP contribution is -2.53. The molecular weight excluding hydrogens is 368 g/mol. The lowest BCUT2D eigenvalue weighted by atomic mass is 9.84. The van der Waals surface area contributed by atoms with E-state index in [0.717, 1.165) is 5.56 Å². The molecular formula is C23H20N2O4. The van der Waals surface area contributed by atoms with Gasteiger partial charge in [-0.25, -0.2) is 0 Å². The number of anilines is 1.